The molecule has 0 saturated carbocycles. The summed E-state index contributed by atoms with van der Waals surface area (Å²) in [6, 6.07) is 1.92. The second kappa shape index (κ2) is 7.25. The zero-order valence-electron chi connectivity index (χ0n) is 10.7. The van der Waals surface area contributed by atoms with Gasteiger partial charge >= 0.3 is 0 Å². The number of benzene rings is 1. The molecule has 0 amide bonds. The number of nitrogens with two attached hydrogens (primary N) is 1. The second-order valence-electron chi connectivity index (χ2n) is 4.26. The van der Waals surface area contributed by atoms with Gasteiger partial charge < -0.3 is 11.1 Å². The molecule has 5 nitrogen and oxygen atoms in total. The highest BCUT2D eigenvalue weighted by molar-refractivity contribution is 6.31. The molecular formula is C12H17ClFN3O2. The largest absolute Gasteiger partial charge is 0.375 e. The molecule has 3 N–H and O–H groups in total. The predicted octanol–water partition coefficient (Wildman–Crippen LogP) is 3.32. The third-order valence-corrected chi connectivity index (χ3v) is 3.08. The molecule has 0 bridgehead atoms. The molecule has 0 fully saturated rings. The van der Waals surface area contributed by atoms with Gasteiger partial charge in [0.2, 0.25) is 0 Å². The fourth-order valence-electron chi connectivity index (χ4n) is 1.72. The maximum atomic E-state index is 13.4. The summed E-state index contributed by atoms with van der Waals surface area (Å²) >= 11 is 5.55. The summed E-state index contributed by atoms with van der Waals surface area (Å²) in [4.78, 5) is 10.3. The molecule has 0 spiro atoms. The topological polar surface area (TPSA) is 81.2 Å². The Labute approximate surface area is 116 Å². The molecule has 1 aromatic carbocycles. The van der Waals surface area contributed by atoms with Gasteiger partial charge in [0.1, 0.15) is 11.5 Å². The first-order chi connectivity index (χ1) is 8.99. The summed E-state index contributed by atoms with van der Waals surface area (Å²) in [7, 11) is 0. The van der Waals surface area contributed by atoms with E-state index in [9.17, 15) is 14.5 Å². The van der Waals surface area contributed by atoms with Crippen LogP contribution in [0.4, 0.5) is 15.8 Å². The molecule has 0 aliphatic rings. The minimum absolute atomic E-state index is 0.110. The molecule has 0 radical (unpaired) electrons. The van der Waals surface area contributed by atoms with Crippen LogP contribution in [-0.2, 0) is 0 Å². The van der Waals surface area contributed by atoms with Crippen molar-refractivity contribution in [1.29, 1.82) is 0 Å². The van der Waals surface area contributed by atoms with Crippen LogP contribution < -0.4 is 11.1 Å². The molecule has 1 atom stereocenters. The molecule has 1 unspecified atom stereocenters. The van der Waals surface area contributed by atoms with Crippen LogP contribution in [0.5, 0.6) is 0 Å². The van der Waals surface area contributed by atoms with E-state index in [-0.39, 0.29) is 22.4 Å². The van der Waals surface area contributed by atoms with E-state index in [4.69, 9.17) is 17.3 Å². The number of nitro groups is 1. The van der Waals surface area contributed by atoms with Gasteiger partial charge in [-0.2, -0.15) is 0 Å². The molecule has 0 saturated heterocycles. The van der Waals surface area contributed by atoms with Gasteiger partial charge in [0, 0.05) is 24.7 Å². The molecule has 7 heteroatoms. The number of nitro benzene ring substituents is 1. The Morgan fingerprint density at radius 1 is 1.58 bits per heavy atom. The number of hydrogen-bond donors (Lipinski definition) is 2. The highest BCUT2D eigenvalue weighted by Crippen LogP contribution is 2.31. The van der Waals surface area contributed by atoms with Crippen molar-refractivity contribution in [3.05, 3.63) is 33.1 Å². The van der Waals surface area contributed by atoms with Crippen molar-refractivity contribution in [3.8, 4) is 0 Å². The summed E-state index contributed by atoms with van der Waals surface area (Å²) in [6.45, 7) is 2.36. The lowest BCUT2D eigenvalue weighted by Crippen LogP contribution is -2.29. The first-order valence-electron chi connectivity index (χ1n) is 6.09. The predicted molar refractivity (Wildman–Crippen MR) is 74.1 cm³/mol. The number of nitrogens with one attached hydrogen (secondary N) is 1. The van der Waals surface area contributed by atoms with Gasteiger partial charge in [-0.3, -0.25) is 10.1 Å². The van der Waals surface area contributed by atoms with Crippen molar-refractivity contribution in [1.82, 2.24) is 0 Å². The summed E-state index contributed by atoms with van der Waals surface area (Å²) < 4.78 is 13.4. The van der Waals surface area contributed by atoms with Gasteiger partial charge in [0.15, 0.2) is 0 Å². The molecule has 0 aliphatic heterocycles. The lowest BCUT2D eigenvalue weighted by atomic mass is 10.1. The van der Waals surface area contributed by atoms with E-state index in [1.165, 1.54) is 0 Å². The zero-order valence-corrected chi connectivity index (χ0v) is 11.4. The molecule has 19 heavy (non-hydrogen) atoms. The maximum absolute atomic E-state index is 13.4. The van der Waals surface area contributed by atoms with E-state index in [2.05, 4.69) is 5.32 Å². The van der Waals surface area contributed by atoms with Crippen LogP contribution >= 0.6 is 11.6 Å². The number of anilines is 1. The van der Waals surface area contributed by atoms with Crippen LogP contribution in [0.3, 0.4) is 0 Å². The van der Waals surface area contributed by atoms with Crippen molar-refractivity contribution in [3.63, 3.8) is 0 Å². The summed E-state index contributed by atoms with van der Waals surface area (Å²) in [5.74, 6) is -0.693. The standard InChI is InChI=1S/C12H17ClFN3O2/c1-2-3-4-8(7-15)16-11-6-10(14)9(13)5-12(11)17(18)19/h5-6,8,16H,2-4,7,15H2,1H3. The van der Waals surface area contributed by atoms with Gasteiger partial charge in [-0.1, -0.05) is 31.4 Å². The van der Waals surface area contributed by atoms with E-state index in [0.29, 0.717) is 6.54 Å². The van der Waals surface area contributed by atoms with Crippen LogP contribution in [0.25, 0.3) is 0 Å². The first-order valence-corrected chi connectivity index (χ1v) is 6.47. The van der Waals surface area contributed by atoms with Gasteiger partial charge in [0.25, 0.3) is 5.69 Å². The smallest absolute Gasteiger partial charge is 0.294 e. The molecule has 1 aromatic rings. The van der Waals surface area contributed by atoms with E-state index in [0.717, 1.165) is 31.4 Å². The number of nitrogens with zero attached hydrogens (tertiary/aromatic N) is 1. The third kappa shape index (κ3) is 4.33. The molecular weight excluding hydrogens is 273 g/mol. The van der Waals surface area contributed by atoms with Gasteiger partial charge in [-0.25, -0.2) is 4.39 Å². The van der Waals surface area contributed by atoms with Crippen LogP contribution in [-0.4, -0.2) is 17.5 Å². The normalized spacial score (nSPS) is 12.2. The van der Waals surface area contributed by atoms with Crippen LogP contribution in [0.2, 0.25) is 5.02 Å². The number of unbranched alkanes of at least 4 members (excludes halogenated alkanes) is 1. The zero-order chi connectivity index (χ0) is 14.4. The van der Waals surface area contributed by atoms with Crippen LogP contribution in [0.15, 0.2) is 12.1 Å². The first kappa shape index (κ1) is 15.7. The van der Waals surface area contributed by atoms with Crippen molar-refractivity contribution >= 4 is 23.0 Å². The van der Waals surface area contributed by atoms with Crippen LogP contribution in [0.1, 0.15) is 26.2 Å². The van der Waals surface area contributed by atoms with Gasteiger partial charge in [0.05, 0.1) is 9.95 Å². The Hall–Kier alpha value is -1.40. The van der Waals surface area contributed by atoms with Crippen LogP contribution in [0, 0.1) is 15.9 Å². The van der Waals surface area contributed by atoms with E-state index < -0.39 is 10.7 Å². The lowest BCUT2D eigenvalue weighted by Gasteiger charge is -2.18. The second-order valence-corrected chi connectivity index (χ2v) is 4.67. The Bertz CT molecular complexity index is 457. The average molecular weight is 290 g/mol. The summed E-state index contributed by atoms with van der Waals surface area (Å²) in [6.07, 6.45) is 2.71. The third-order valence-electron chi connectivity index (χ3n) is 2.79. The Morgan fingerprint density at radius 2 is 2.26 bits per heavy atom. The minimum Gasteiger partial charge on any atom is -0.375 e. The Kier molecular flexibility index (Phi) is 5.98. The highest BCUT2D eigenvalue weighted by Gasteiger charge is 2.19. The quantitative estimate of drug-likeness (QED) is 0.596. The Balaban J connectivity index is 2.97. The molecule has 1 rings (SSSR count). The van der Waals surface area contributed by atoms with Crippen molar-refractivity contribution in [2.75, 3.05) is 11.9 Å². The monoisotopic (exact) mass is 289 g/mol. The highest BCUT2D eigenvalue weighted by atomic mass is 35.5. The summed E-state index contributed by atoms with van der Waals surface area (Å²) in [5, 5.41) is 13.6. The molecule has 0 aromatic heterocycles. The SMILES string of the molecule is CCCCC(CN)Nc1cc(F)c(Cl)cc1[N+](=O)[O-]. The van der Waals surface area contributed by atoms with Crippen molar-refractivity contribution in [2.24, 2.45) is 5.73 Å². The average Bonchev–Trinajstić information content (AvgIpc) is 2.37. The fourth-order valence-corrected chi connectivity index (χ4v) is 1.88. The van der Waals surface area contributed by atoms with Gasteiger partial charge in [-0.15, -0.1) is 0 Å². The Morgan fingerprint density at radius 3 is 2.79 bits per heavy atom. The molecule has 106 valence electrons. The van der Waals surface area contributed by atoms with E-state index >= 15 is 0 Å². The number of halogens is 2. The lowest BCUT2D eigenvalue weighted by molar-refractivity contribution is -0.384. The molecule has 0 heterocycles. The maximum Gasteiger partial charge on any atom is 0.294 e. The fraction of sp³-hybridized carbons (Fsp3) is 0.500. The number of rotatable bonds is 7. The summed E-state index contributed by atoms with van der Waals surface area (Å²) in [5.41, 5.74) is 5.46. The van der Waals surface area contributed by atoms with E-state index in [1.54, 1.807) is 0 Å². The van der Waals surface area contributed by atoms with E-state index in [1.807, 2.05) is 6.92 Å². The van der Waals surface area contributed by atoms with Crippen molar-refractivity contribution < 1.29 is 9.31 Å². The molecule has 0 aliphatic carbocycles. The van der Waals surface area contributed by atoms with Crippen molar-refractivity contribution in [2.45, 2.75) is 32.2 Å². The van der Waals surface area contributed by atoms with Gasteiger partial charge in [-0.05, 0) is 6.42 Å². The number of hydrogen-bond acceptors (Lipinski definition) is 4. The minimum atomic E-state index is -0.693.